The standard InChI is InChI=1S/C11H11ClN4O/c1-14-9-6-10(16-11(13)15-9)17-8-4-2-7(12)3-5-8/h2-6H,1H3,(H3,13,14,15,16). The van der Waals surface area contributed by atoms with Gasteiger partial charge in [0.15, 0.2) is 0 Å². The molecule has 0 spiro atoms. The Morgan fingerprint density at radius 1 is 1.24 bits per heavy atom. The number of hydrogen-bond acceptors (Lipinski definition) is 5. The number of anilines is 2. The summed E-state index contributed by atoms with van der Waals surface area (Å²) in [5.41, 5.74) is 5.55. The quantitative estimate of drug-likeness (QED) is 0.876. The van der Waals surface area contributed by atoms with Crippen molar-refractivity contribution < 1.29 is 4.74 Å². The van der Waals surface area contributed by atoms with Gasteiger partial charge >= 0.3 is 0 Å². The molecule has 0 saturated heterocycles. The monoisotopic (exact) mass is 250 g/mol. The van der Waals surface area contributed by atoms with Gasteiger partial charge in [-0.1, -0.05) is 11.6 Å². The number of hydrogen-bond donors (Lipinski definition) is 2. The van der Waals surface area contributed by atoms with Crippen LogP contribution in [0.2, 0.25) is 5.02 Å². The maximum Gasteiger partial charge on any atom is 0.226 e. The zero-order valence-electron chi connectivity index (χ0n) is 9.14. The third-order valence-corrected chi connectivity index (χ3v) is 2.26. The minimum absolute atomic E-state index is 0.154. The Hall–Kier alpha value is -2.01. The summed E-state index contributed by atoms with van der Waals surface area (Å²) in [6.45, 7) is 0. The average Bonchev–Trinajstić information content (AvgIpc) is 2.31. The molecule has 0 atom stereocenters. The third kappa shape index (κ3) is 2.98. The molecule has 0 fully saturated rings. The lowest BCUT2D eigenvalue weighted by atomic mass is 10.3. The molecule has 0 bridgehead atoms. The molecule has 2 aromatic rings. The van der Waals surface area contributed by atoms with Crippen LogP contribution < -0.4 is 15.8 Å². The molecule has 0 amide bonds. The fourth-order valence-corrected chi connectivity index (χ4v) is 1.37. The number of nitrogens with one attached hydrogen (secondary N) is 1. The third-order valence-electron chi connectivity index (χ3n) is 2.01. The predicted octanol–water partition coefficient (Wildman–Crippen LogP) is 2.55. The number of benzene rings is 1. The minimum Gasteiger partial charge on any atom is -0.439 e. The topological polar surface area (TPSA) is 73.1 Å². The molecule has 0 aliphatic heterocycles. The lowest BCUT2D eigenvalue weighted by Crippen LogP contribution is -2.01. The summed E-state index contributed by atoms with van der Waals surface area (Å²) in [6.07, 6.45) is 0. The lowest BCUT2D eigenvalue weighted by Gasteiger charge is -2.07. The van der Waals surface area contributed by atoms with E-state index >= 15 is 0 Å². The van der Waals surface area contributed by atoms with Gasteiger partial charge < -0.3 is 15.8 Å². The Balaban J connectivity index is 2.23. The van der Waals surface area contributed by atoms with E-state index < -0.39 is 0 Å². The maximum absolute atomic E-state index is 5.78. The van der Waals surface area contributed by atoms with Crippen molar-refractivity contribution in [1.29, 1.82) is 0 Å². The molecule has 0 unspecified atom stereocenters. The summed E-state index contributed by atoms with van der Waals surface area (Å²) in [7, 11) is 1.74. The fraction of sp³-hybridized carbons (Fsp3) is 0.0909. The van der Waals surface area contributed by atoms with Crippen LogP contribution in [0.4, 0.5) is 11.8 Å². The average molecular weight is 251 g/mol. The van der Waals surface area contributed by atoms with Gasteiger partial charge in [0, 0.05) is 18.1 Å². The lowest BCUT2D eigenvalue weighted by molar-refractivity contribution is 0.463. The van der Waals surface area contributed by atoms with Crippen molar-refractivity contribution in [3.63, 3.8) is 0 Å². The largest absolute Gasteiger partial charge is 0.439 e. The number of halogens is 1. The van der Waals surface area contributed by atoms with Gasteiger partial charge in [-0.25, -0.2) is 0 Å². The van der Waals surface area contributed by atoms with Crippen molar-refractivity contribution in [1.82, 2.24) is 9.97 Å². The van der Waals surface area contributed by atoms with Gasteiger partial charge in [0.05, 0.1) is 0 Å². The van der Waals surface area contributed by atoms with Crippen LogP contribution in [0.15, 0.2) is 30.3 Å². The Kier molecular flexibility index (Phi) is 3.30. The Labute approximate surface area is 104 Å². The summed E-state index contributed by atoms with van der Waals surface area (Å²) < 4.78 is 5.53. The van der Waals surface area contributed by atoms with Crippen LogP contribution in [0.3, 0.4) is 0 Å². The summed E-state index contributed by atoms with van der Waals surface area (Å²) in [5, 5.41) is 3.52. The summed E-state index contributed by atoms with van der Waals surface area (Å²) in [5.74, 6) is 1.76. The first-order valence-electron chi connectivity index (χ1n) is 4.93. The van der Waals surface area contributed by atoms with Crippen LogP contribution >= 0.6 is 11.6 Å². The second kappa shape index (κ2) is 4.88. The fourth-order valence-electron chi connectivity index (χ4n) is 1.25. The molecule has 1 aromatic heterocycles. The molecule has 5 nitrogen and oxygen atoms in total. The van der Waals surface area contributed by atoms with Gasteiger partial charge in [0.1, 0.15) is 11.6 Å². The van der Waals surface area contributed by atoms with Gasteiger partial charge in [0.2, 0.25) is 11.8 Å². The molecular formula is C11H11ClN4O. The summed E-state index contributed by atoms with van der Waals surface area (Å²) in [4.78, 5) is 7.93. The smallest absolute Gasteiger partial charge is 0.226 e. The van der Waals surface area contributed by atoms with Crippen molar-refractivity contribution in [3.05, 3.63) is 35.4 Å². The van der Waals surface area contributed by atoms with Crippen LogP contribution in [0.25, 0.3) is 0 Å². The molecule has 3 N–H and O–H groups in total. The van der Waals surface area contributed by atoms with E-state index in [2.05, 4.69) is 15.3 Å². The highest BCUT2D eigenvalue weighted by atomic mass is 35.5. The first kappa shape index (κ1) is 11.5. The van der Waals surface area contributed by atoms with Gasteiger partial charge in [-0.05, 0) is 24.3 Å². The van der Waals surface area contributed by atoms with Crippen LogP contribution in [0.1, 0.15) is 0 Å². The SMILES string of the molecule is CNc1cc(Oc2ccc(Cl)cc2)nc(N)n1. The summed E-state index contributed by atoms with van der Waals surface area (Å²) >= 11 is 5.78. The van der Waals surface area contributed by atoms with Crippen molar-refractivity contribution in [2.75, 3.05) is 18.1 Å². The van der Waals surface area contributed by atoms with Crippen LogP contribution in [-0.2, 0) is 0 Å². The molecule has 0 aliphatic carbocycles. The van der Waals surface area contributed by atoms with E-state index in [0.717, 1.165) is 0 Å². The second-order valence-corrected chi connectivity index (χ2v) is 3.69. The van der Waals surface area contributed by atoms with E-state index in [0.29, 0.717) is 22.5 Å². The van der Waals surface area contributed by atoms with Crippen LogP contribution in [-0.4, -0.2) is 17.0 Å². The molecular weight excluding hydrogens is 240 g/mol. The molecule has 0 radical (unpaired) electrons. The van der Waals surface area contributed by atoms with Gasteiger partial charge in [0.25, 0.3) is 0 Å². The number of nitrogens with two attached hydrogens (primary N) is 1. The zero-order chi connectivity index (χ0) is 12.3. The molecule has 88 valence electrons. The van der Waals surface area contributed by atoms with E-state index in [1.54, 1.807) is 37.4 Å². The molecule has 0 saturated carbocycles. The normalized spacial score (nSPS) is 10.0. The van der Waals surface area contributed by atoms with Crippen molar-refractivity contribution in [2.45, 2.75) is 0 Å². The van der Waals surface area contributed by atoms with Gasteiger partial charge in [-0.3, -0.25) is 0 Å². The highest BCUT2D eigenvalue weighted by Gasteiger charge is 2.03. The first-order valence-corrected chi connectivity index (χ1v) is 5.31. The van der Waals surface area contributed by atoms with Gasteiger partial charge in [-0.15, -0.1) is 0 Å². The number of nitrogen functional groups attached to an aromatic ring is 1. The Bertz CT molecular complexity index is 515. The van der Waals surface area contributed by atoms with Crippen molar-refractivity contribution in [2.24, 2.45) is 0 Å². The van der Waals surface area contributed by atoms with E-state index in [1.165, 1.54) is 0 Å². The minimum atomic E-state index is 0.154. The highest BCUT2D eigenvalue weighted by Crippen LogP contribution is 2.23. The van der Waals surface area contributed by atoms with E-state index in [4.69, 9.17) is 22.1 Å². The Morgan fingerprint density at radius 3 is 2.59 bits per heavy atom. The second-order valence-electron chi connectivity index (χ2n) is 3.26. The number of nitrogens with zero attached hydrogens (tertiary/aromatic N) is 2. The van der Waals surface area contributed by atoms with E-state index in [1.807, 2.05) is 0 Å². The first-order chi connectivity index (χ1) is 8.17. The zero-order valence-corrected chi connectivity index (χ0v) is 9.90. The molecule has 0 aliphatic rings. The molecule has 17 heavy (non-hydrogen) atoms. The van der Waals surface area contributed by atoms with Crippen LogP contribution in [0, 0.1) is 0 Å². The van der Waals surface area contributed by atoms with Crippen molar-refractivity contribution >= 4 is 23.4 Å². The highest BCUT2D eigenvalue weighted by molar-refractivity contribution is 6.30. The van der Waals surface area contributed by atoms with E-state index in [9.17, 15) is 0 Å². The Morgan fingerprint density at radius 2 is 1.94 bits per heavy atom. The van der Waals surface area contributed by atoms with Crippen molar-refractivity contribution in [3.8, 4) is 11.6 Å². The number of ether oxygens (including phenoxy) is 1. The molecule has 1 aromatic carbocycles. The van der Waals surface area contributed by atoms with E-state index in [-0.39, 0.29) is 5.95 Å². The molecule has 6 heteroatoms. The number of rotatable bonds is 3. The maximum atomic E-state index is 5.78. The van der Waals surface area contributed by atoms with Gasteiger partial charge in [-0.2, -0.15) is 9.97 Å². The molecule has 2 rings (SSSR count). The summed E-state index contributed by atoms with van der Waals surface area (Å²) in [6, 6.07) is 8.63. The predicted molar refractivity (Wildman–Crippen MR) is 67.5 cm³/mol. The van der Waals surface area contributed by atoms with Crippen LogP contribution in [0.5, 0.6) is 11.6 Å². The molecule has 1 heterocycles. The number of aromatic nitrogens is 2.